The SMILES string of the molecule is CC(C)N(C)C(=O)C1(CO)CC1. The van der Waals surface area contributed by atoms with Gasteiger partial charge < -0.3 is 10.0 Å². The van der Waals surface area contributed by atoms with E-state index in [0.717, 1.165) is 12.8 Å². The number of hydrogen-bond acceptors (Lipinski definition) is 2. The Balaban J connectivity index is 2.58. The molecule has 1 aliphatic rings. The number of amides is 1. The first-order valence-corrected chi connectivity index (χ1v) is 4.41. The van der Waals surface area contributed by atoms with E-state index in [2.05, 4.69) is 0 Å². The van der Waals surface area contributed by atoms with Gasteiger partial charge in [-0.05, 0) is 26.7 Å². The Morgan fingerprint density at radius 2 is 2.08 bits per heavy atom. The van der Waals surface area contributed by atoms with Gasteiger partial charge in [-0.2, -0.15) is 0 Å². The summed E-state index contributed by atoms with van der Waals surface area (Å²) in [6.45, 7) is 3.96. The first kappa shape index (κ1) is 9.52. The fourth-order valence-corrected chi connectivity index (χ4v) is 1.20. The number of carbonyl (C=O) groups excluding carboxylic acids is 1. The standard InChI is InChI=1S/C9H17NO2/c1-7(2)10(3)8(12)9(6-11)4-5-9/h7,11H,4-6H2,1-3H3. The van der Waals surface area contributed by atoms with E-state index in [1.54, 1.807) is 11.9 Å². The van der Waals surface area contributed by atoms with Gasteiger partial charge in [0.1, 0.15) is 0 Å². The maximum Gasteiger partial charge on any atom is 0.231 e. The fraction of sp³-hybridized carbons (Fsp3) is 0.889. The zero-order chi connectivity index (χ0) is 9.35. The van der Waals surface area contributed by atoms with E-state index in [-0.39, 0.29) is 18.6 Å². The van der Waals surface area contributed by atoms with Crippen LogP contribution in [0, 0.1) is 5.41 Å². The lowest BCUT2D eigenvalue weighted by Crippen LogP contribution is -2.40. The zero-order valence-corrected chi connectivity index (χ0v) is 8.00. The Kier molecular flexibility index (Phi) is 2.42. The Bertz CT molecular complexity index is 185. The number of nitrogens with zero attached hydrogens (tertiary/aromatic N) is 1. The van der Waals surface area contributed by atoms with Crippen molar-refractivity contribution in [3.05, 3.63) is 0 Å². The molecule has 1 aliphatic carbocycles. The van der Waals surface area contributed by atoms with Gasteiger partial charge in [0.2, 0.25) is 5.91 Å². The Labute approximate surface area is 73.4 Å². The summed E-state index contributed by atoms with van der Waals surface area (Å²) >= 11 is 0. The van der Waals surface area contributed by atoms with Crippen molar-refractivity contribution in [2.45, 2.75) is 32.7 Å². The largest absolute Gasteiger partial charge is 0.395 e. The molecule has 1 amide bonds. The summed E-state index contributed by atoms with van der Waals surface area (Å²) in [5, 5.41) is 9.01. The van der Waals surface area contributed by atoms with Crippen LogP contribution in [0.4, 0.5) is 0 Å². The lowest BCUT2D eigenvalue weighted by molar-refractivity contribution is -0.138. The molecule has 0 bridgehead atoms. The summed E-state index contributed by atoms with van der Waals surface area (Å²) in [5.41, 5.74) is -0.404. The molecule has 3 nitrogen and oxygen atoms in total. The lowest BCUT2D eigenvalue weighted by atomic mass is 10.1. The molecular formula is C9H17NO2. The van der Waals surface area contributed by atoms with Crippen LogP contribution in [-0.4, -0.2) is 35.6 Å². The maximum atomic E-state index is 11.7. The minimum atomic E-state index is -0.404. The second-order valence-corrected chi connectivity index (χ2v) is 3.95. The molecule has 3 heteroatoms. The second-order valence-electron chi connectivity index (χ2n) is 3.95. The smallest absolute Gasteiger partial charge is 0.231 e. The van der Waals surface area contributed by atoms with Gasteiger partial charge in [-0.1, -0.05) is 0 Å². The van der Waals surface area contributed by atoms with Crippen molar-refractivity contribution in [2.24, 2.45) is 5.41 Å². The molecule has 1 N–H and O–H groups in total. The van der Waals surface area contributed by atoms with Crippen molar-refractivity contribution in [1.82, 2.24) is 4.90 Å². The summed E-state index contributed by atoms with van der Waals surface area (Å²) in [4.78, 5) is 13.4. The quantitative estimate of drug-likeness (QED) is 0.676. The first-order chi connectivity index (χ1) is 5.53. The molecule has 70 valence electrons. The number of aliphatic hydroxyl groups excluding tert-OH is 1. The van der Waals surface area contributed by atoms with Crippen molar-refractivity contribution in [3.8, 4) is 0 Å². The lowest BCUT2D eigenvalue weighted by Gasteiger charge is -2.25. The van der Waals surface area contributed by atoms with Crippen LogP contribution >= 0.6 is 0 Å². The van der Waals surface area contributed by atoms with Crippen LogP contribution in [0.2, 0.25) is 0 Å². The van der Waals surface area contributed by atoms with Gasteiger partial charge in [-0.3, -0.25) is 4.79 Å². The molecule has 0 spiro atoms. The molecule has 0 aromatic heterocycles. The minimum Gasteiger partial charge on any atom is -0.395 e. The molecule has 0 heterocycles. The highest BCUT2D eigenvalue weighted by Crippen LogP contribution is 2.46. The van der Waals surface area contributed by atoms with Crippen LogP contribution in [0.5, 0.6) is 0 Å². The van der Waals surface area contributed by atoms with Crippen molar-refractivity contribution in [3.63, 3.8) is 0 Å². The number of carbonyl (C=O) groups is 1. The number of aliphatic hydroxyl groups is 1. The van der Waals surface area contributed by atoms with Crippen LogP contribution in [0.1, 0.15) is 26.7 Å². The minimum absolute atomic E-state index is 0.00287. The van der Waals surface area contributed by atoms with Crippen LogP contribution < -0.4 is 0 Å². The van der Waals surface area contributed by atoms with Gasteiger partial charge in [0.15, 0.2) is 0 Å². The van der Waals surface area contributed by atoms with E-state index in [1.807, 2.05) is 13.8 Å². The molecule has 0 aliphatic heterocycles. The van der Waals surface area contributed by atoms with E-state index >= 15 is 0 Å². The Morgan fingerprint density at radius 1 is 1.58 bits per heavy atom. The van der Waals surface area contributed by atoms with Gasteiger partial charge in [-0.25, -0.2) is 0 Å². The predicted molar refractivity (Wildman–Crippen MR) is 46.7 cm³/mol. The highest BCUT2D eigenvalue weighted by atomic mass is 16.3. The fourth-order valence-electron chi connectivity index (χ4n) is 1.20. The molecule has 0 saturated heterocycles. The average molecular weight is 171 g/mol. The van der Waals surface area contributed by atoms with E-state index in [4.69, 9.17) is 5.11 Å². The van der Waals surface area contributed by atoms with Crippen LogP contribution in [0.15, 0.2) is 0 Å². The molecule has 0 aromatic carbocycles. The number of rotatable bonds is 3. The third kappa shape index (κ3) is 1.46. The molecular weight excluding hydrogens is 154 g/mol. The highest BCUT2D eigenvalue weighted by molar-refractivity contribution is 5.85. The van der Waals surface area contributed by atoms with Crippen molar-refractivity contribution < 1.29 is 9.90 Å². The van der Waals surface area contributed by atoms with E-state index in [0.29, 0.717) is 0 Å². The third-order valence-electron chi connectivity index (χ3n) is 2.70. The molecule has 0 radical (unpaired) electrons. The summed E-state index contributed by atoms with van der Waals surface area (Å²) in [6, 6.07) is 0.224. The third-order valence-corrected chi connectivity index (χ3v) is 2.70. The van der Waals surface area contributed by atoms with Gasteiger partial charge in [0.25, 0.3) is 0 Å². The highest BCUT2D eigenvalue weighted by Gasteiger charge is 2.50. The molecule has 12 heavy (non-hydrogen) atoms. The van der Waals surface area contributed by atoms with E-state index < -0.39 is 5.41 Å². The topological polar surface area (TPSA) is 40.5 Å². The molecule has 1 fully saturated rings. The van der Waals surface area contributed by atoms with Crippen molar-refractivity contribution in [2.75, 3.05) is 13.7 Å². The summed E-state index contributed by atoms with van der Waals surface area (Å²) in [6.07, 6.45) is 1.69. The van der Waals surface area contributed by atoms with Crippen LogP contribution in [0.3, 0.4) is 0 Å². The van der Waals surface area contributed by atoms with Crippen LogP contribution in [-0.2, 0) is 4.79 Å². The first-order valence-electron chi connectivity index (χ1n) is 4.41. The van der Waals surface area contributed by atoms with E-state index in [9.17, 15) is 4.79 Å². The molecule has 1 saturated carbocycles. The zero-order valence-electron chi connectivity index (χ0n) is 8.00. The predicted octanol–water partition coefficient (Wildman–Crippen LogP) is 0.626. The van der Waals surface area contributed by atoms with E-state index in [1.165, 1.54) is 0 Å². The van der Waals surface area contributed by atoms with Crippen molar-refractivity contribution >= 4 is 5.91 Å². The van der Waals surface area contributed by atoms with Gasteiger partial charge in [0, 0.05) is 13.1 Å². The summed E-state index contributed by atoms with van der Waals surface area (Å²) in [7, 11) is 1.79. The molecule has 0 atom stereocenters. The molecule has 1 rings (SSSR count). The Hall–Kier alpha value is -0.570. The Morgan fingerprint density at radius 3 is 2.33 bits per heavy atom. The number of hydrogen-bond donors (Lipinski definition) is 1. The maximum absolute atomic E-state index is 11.7. The average Bonchev–Trinajstić information content (AvgIpc) is 2.82. The monoisotopic (exact) mass is 171 g/mol. The molecule has 0 aromatic rings. The normalized spacial score (nSPS) is 19.4. The van der Waals surface area contributed by atoms with Gasteiger partial charge in [0.05, 0.1) is 12.0 Å². The van der Waals surface area contributed by atoms with Crippen LogP contribution in [0.25, 0.3) is 0 Å². The van der Waals surface area contributed by atoms with Gasteiger partial charge in [-0.15, -0.1) is 0 Å². The molecule has 0 unspecified atom stereocenters. The summed E-state index contributed by atoms with van der Waals surface area (Å²) < 4.78 is 0. The second kappa shape index (κ2) is 3.05. The summed E-state index contributed by atoms with van der Waals surface area (Å²) in [5.74, 6) is 0.0972. The van der Waals surface area contributed by atoms with Crippen molar-refractivity contribution in [1.29, 1.82) is 0 Å². The van der Waals surface area contributed by atoms with Gasteiger partial charge >= 0.3 is 0 Å².